The molecule has 0 amide bonds. The molecule has 1 unspecified atom stereocenters. The lowest BCUT2D eigenvalue weighted by molar-refractivity contribution is 0.213. The topological polar surface area (TPSA) is 47.3 Å². The third kappa shape index (κ3) is 2.95. The van der Waals surface area contributed by atoms with Crippen molar-refractivity contribution in [2.45, 2.75) is 39.2 Å². The molecule has 1 atom stereocenters. The Bertz CT molecular complexity index is 621. The molecule has 4 nitrogen and oxygen atoms in total. The van der Waals surface area contributed by atoms with Gasteiger partial charge in [-0.15, -0.1) is 0 Å². The largest absolute Gasteiger partial charge is 0.481 e. The number of aliphatic hydroxyl groups is 1. The molecule has 1 heterocycles. The second-order valence-corrected chi connectivity index (χ2v) is 6.41. The first kappa shape index (κ1) is 15.6. The van der Waals surface area contributed by atoms with Gasteiger partial charge in [0.2, 0.25) is 5.88 Å². The Morgan fingerprint density at radius 2 is 1.76 bits per heavy atom. The Morgan fingerprint density at radius 1 is 1.19 bits per heavy atom. The normalized spacial score (nSPS) is 13.3. The summed E-state index contributed by atoms with van der Waals surface area (Å²) < 4.78 is 7.01. The lowest BCUT2D eigenvalue weighted by Crippen LogP contribution is -2.11. The molecule has 1 aromatic carbocycles. The van der Waals surface area contributed by atoms with Crippen LogP contribution in [-0.4, -0.2) is 22.0 Å². The number of hydrogen-bond donors (Lipinski definition) is 1. The molecule has 0 aliphatic heterocycles. The molecule has 0 aliphatic carbocycles. The molecule has 21 heavy (non-hydrogen) atoms. The van der Waals surface area contributed by atoms with Crippen molar-refractivity contribution in [3.05, 3.63) is 46.6 Å². The molecule has 0 bridgehead atoms. The van der Waals surface area contributed by atoms with Crippen LogP contribution in [0.2, 0.25) is 0 Å². The first-order valence-corrected chi connectivity index (χ1v) is 7.11. The van der Waals surface area contributed by atoms with E-state index in [2.05, 4.69) is 38.0 Å². The summed E-state index contributed by atoms with van der Waals surface area (Å²) in [6, 6.07) is 8.07. The fraction of sp³-hybridized carbons (Fsp3) is 0.471. The van der Waals surface area contributed by atoms with Crippen LogP contribution in [0.3, 0.4) is 0 Å². The van der Waals surface area contributed by atoms with Gasteiger partial charge in [-0.25, -0.2) is 4.68 Å². The highest BCUT2D eigenvalue weighted by Gasteiger charge is 2.23. The third-order valence-corrected chi connectivity index (χ3v) is 3.77. The summed E-state index contributed by atoms with van der Waals surface area (Å²) in [7, 11) is 3.40. The van der Waals surface area contributed by atoms with Crippen LogP contribution in [-0.2, 0) is 12.5 Å². The van der Waals surface area contributed by atoms with Crippen molar-refractivity contribution in [2.75, 3.05) is 7.11 Å². The van der Waals surface area contributed by atoms with Gasteiger partial charge in [0.15, 0.2) is 0 Å². The Balaban J connectivity index is 2.39. The number of hydrogen-bond acceptors (Lipinski definition) is 3. The minimum absolute atomic E-state index is 0.103. The molecule has 0 spiro atoms. The van der Waals surface area contributed by atoms with Crippen molar-refractivity contribution in [3.8, 4) is 5.88 Å². The SMILES string of the molecule is COc1c(C(O)c2ccc(C(C)(C)C)cc2)c(C)nn1C. The van der Waals surface area contributed by atoms with Crippen LogP contribution in [0.4, 0.5) is 0 Å². The van der Waals surface area contributed by atoms with Gasteiger partial charge in [0.1, 0.15) is 6.10 Å². The van der Waals surface area contributed by atoms with Crippen LogP contribution in [0.15, 0.2) is 24.3 Å². The number of aryl methyl sites for hydroxylation is 2. The van der Waals surface area contributed by atoms with Crippen LogP contribution in [0.5, 0.6) is 5.88 Å². The predicted molar refractivity (Wildman–Crippen MR) is 83.7 cm³/mol. The summed E-state index contributed by atoms with van der Waals surface area (Å²) >= 11 is 0. The van der Waals surface area contributed by atoms with Gasteiger partial charge in [0.25, 0.3) is 0 Å². The molecule has 2 rings (SSSR count). The second kappa shape index (κ2) is 5.53. The van der Waals surface area contributed by atoms with Crippen molar-refractivity contribution < 1.29 is 9.84 Å². The number of benzene rings is 1. The summed E-state index contributed by atoms with van der Waals surface area (Å²) in [6.07, 6.45) is -0.734. The molecule has 0 saturated carbocycles. The zero-order valence-electron chi connectivity index (χ0n) is 13.6. The molecule has 4 heteroatoms. The average molecular weight is 288 g/mol. The van der Waals surface area contributed by atoms with Gasteiger partial charge in [-0.1, -0.05) is 45.0 Å². The lowest BCUT2D eigenvalue weighted by Gasteiger charge is -2.20. The van der Waals surface area contributed by atoms with Crippen LogP contribution in [0, 0.1) is 6.92 Å². The van der Waals surface area contributed by atoms with Gasteiger partial charge in [-0.05, 0) is 23.5 Å². The first-order chi connectivity index (χ1) is 9.75. The Labute approximate surface area is 126 Å². The Kier molecular flexibility index (Phi) is 4.10. The summed E-state index contributed by atoms with van der Waals surface area (Å²) in [5.74, 6) is 0.597. The molecule has 114 valence electrons. The third-order valence-electron chi connectivity index (χ3n) is 3.77. The molecule has 1 aromatic heterocycles. The summed E-state index contributed by atoms with van der Waals surface area (Å²) in [6.45, 7) is 8.40. The van der Waals surface area contributed by atoms with E-state index < -0.39 is 6.10 Å². The van der Waals surface area contributed by atoms with E-state index in [-0.39, 0.29) is 5.41 Å². The fourth-order valence-electron chi connectivity index (χ4n) is 2.54. The van der Waals surface area contributed by atoms with Crippen molar-refractivity contribution in [2.24, 2.45) is 7.05 Å². The maximum absolute atomic E-state index is 10.7. The van der Waals surface area contributed by atoms with Crippen molar-refractivity contribution >= 4 is 0 Å². The summed E-state index contributed by atoms with van der Waals surface area (Å²) in [4.78, 5) is 0. The molecular weight excluding hydrogens is 264 g/mol. The van der Waals surface area contributed by atoms with E-state index in [9.17, 15) is 5.11 Å². The van der Waals surface area contributed by atoms with E-state index >= 15 is 0 Å². The van der Waals surface area contributed by atoms with Crippen molar-refractivity contribution in [1.29, 1.82) is 0 Å². The second-order valence-electron chi connectivity index (χ2n) is 6.41. The lowest BCUT2D eigenvalue weighted by atomic mass is 9.86. The molecule has 0 fully saturated rings. The van der Waals surface area contributed by atoms with Crippen LogP contribution in [0.25, 0.3) is 0 Å². The van der Waals surface area contributed by atoms with Gasteiger partial charge >= 0.3 is 0 Å². The smallest absolute Gasteiger partial charge is 0.217 e. The fourth-order valence-corrected chi connectivity index (χ4v) is 2.54. The number of nitrogens with zero attached hydrogens (tertiary/aromatic N) is 2. The highest BCUT2D eigenvalue weighted by molar-refractivity contribution is 5.40. The van der Waals surface area contributed by atoms with Crippen molar-refractivity contribution in [3.63, 3.8) is 0 Å². The van der Waals surface area contributed by atoms with E-state index in [1.807, 2.05) is 26.1 Å². The minimum atomic E-state index is -0.734. The summed E-state index contributed by atoms with van der Waals surface area (Å²) in [5, 5.41) is 15.0. The van der Waals surface area contributed by atoms with Crippen LogP contribution in [0.1, 0.15) is 49.3 Å². The highest BCUT2D eigenvalue weighted by Crippen LogP contribution is 2.33. The predicted octanol–water partition coefficient (Wildman–Crippen LogP) is 3.12. The van der Waals surface area contributed by atoms with E-state index in [1.165, 1.54) is 5.56 Å². The van der Waals surface area contributed by atoms with Gasteiger partial charge in [0.05, 0.1) is 18.4 Å². The van der Waals surface area contributed by atoms with Gasteiger partial charge in [-0.2, -0.15) is 5.10 Å². The minimum Gasteiger partial charge on any atom is -0.481 e. The number of aliphatic hydroxyl groups excluding tert-OH is 1. The number of methoxy groups -OCH3 is 1. The highest BCUT2D eigenvalue weighted by atomic mass is 16.5. The maximum Gasteiger partial charge on any atom is 0.217 e. The quantitative estimate of drug-likeness (QED) is 0.944. The van der Waals surface area contributed by atoms with Crippen molar-refractivity contribution in [1.82, 2.24) is 9.78 Å². The van der Waals surface area contributed by atoms with E-state index in [1.54, 1.807) is 11.8 Å². The van der Waals surface area contributed by atoms with Gasteiger partial charge in [-0.3, -0.25) is 0 Å². The molecule has 0 saturated heterocycles. The monoisotopic (exact) mass is 288 g/mol. The van der Waals surface area contributed by atoms with E-state index in [0.717, 1.165) is 16.8 Å². The number of ether oxygens (including phenoxy) is 1. The molecule has 0 aliphatic rings. The molecule has 1 N–H and O–H groups in total. The number of rotatable bonds is 3. The standard InChI is InChI=1S/C17H24N2O2/c1-11-14(16(21-6)19(5)18-11)15(20)12-7-9-13(10-8-12)17(2,3)4/h7-10,15,20H,1-6H3. The molecular formula is C17H24N2O2. The van der Waals surface area contributed by atoms with Gasteiger partial charge in [0, 0.05) is 7.05 Å². The Morgan fingerprint density at radius 3 is 2.24 bits per heavy atom. The molecule has 2 aromatic rings. The number of aromatic nitrogens is 2. The van der Waals surface area contributed by atoms with E-state index in [4.69, 9.17) is 4.74 Å². The first-order valence-electron chi connectivity index (χ1n) is 7.11. The molecule has 0 radical (unpaired) electrons. The maximum atomic E-state index is 10.7. The van der Waals surface area contributed by atoms with Crippen LogP contribution < -0.4 is 4.74 Å². The van der Waals surface area contributed by atoms with E-state index in [0.29, 0.717) is 5.88 Å². The average Bonchev–Trinajstić information content (AvgIpc) is 2.71. The zero-order chi connectivity index (χ0) is 15.8. The van der Waals surface area contributed by atoms with Gasteiger partial charge < -0.3 is 9.84 Å². The summed E-state index contributed by atoms with van der Waals surface area (Å²) in [5.41, 5.74) is 3.70. The Hall–Kier alpha value is -1.81. The van der Waals surface area contributed by atoms with Crippen LogP contribution >= 0.6 is 0 Å². The zero-order valence-corrected chi connectivity index (χ0v) is 13.6.